The van der Waals surface area contributed by atoms with Gasteiger partial charge in [-0.05, 0) is 30.9 Å². The van der Waals surface area contributed by atoms with Crippen LogP contribution in [0.2, 0.25) is 0 Å². The van der Waals surface area contributed by atoms with Crippen LogP contribution in [0.3, 0.4) is 0 Å². The third-order valence-electron chi connectivity index (χ3n) is 4.01. The normalized spacial score (nSPS) is 18.1. The fourth-order valence-corrected chi connectivity index (χ4v) is 2.86. The molecule has 2 rings (SSSR count). The Bertz CT molecular complexity index is 385. The van der Waals surface area contributed by atoms with Gasteiger partial charge in [0.25, 0.3) is 0 Å². The second kappa shape index (κ2) is 7.29. The Morgan fingerprint density at radius 2 is 1.89 bits per heavy atom. The van der Waals surface area contributed by atoms with Gasteiger partial charge in [0.1, 0.15) is 0 Å². The van der Waals surface area contributed by atoms with Crippen LogP contribution in [0.4, 0.5) is 0 Å². The summed E-state index contributed by atoms with van der Waals surface area (Å²) in [5.41, 5.74) is 0.881. The van der Waals surface area contributed by atoms with Crippen LogP contribution < -0.4 is 5.32 Å². The van der Waals surface area contributed by atoms with Gasteiger partial charge in [-0.3, -0.25) is 4.79 Å². The molecule has 3 nitrogen and oxygen atoms in total. The lowest BCUT2D eigenvalue weighted by atomic mass is 9.89. The number of carboxylic acid groups (broad SMARTS) is 1. The molecule has 0 amide bonds. The van der Waals surface area contributed by atoms with Gasteiger partial charge in [0.2, 0.25) is 0 Å². The Morgan fingerprint density at radius 1 is 1.21 bits per heavy atom. The van der Waals surface area contributed by atoms with E-state index in [0.717, 1.165) is 18.0 Å². The van der Waals surface area contributed by atoms with Gasteiger partial charge >= 0.3 is 5.97 Å². The third kappa shape index (κ3) is 4.35. The maximum atomic E-state index is 11.3. The van der Waals surface area contributed by atoms with Crippen molar-refractivity contribution in [2.45, 2.75) is 38.0 Å². The van der Waals surface area contributed by atoms with E-state index in [4.69, 9.17) is 0 Å². The molecule has 1 aromatic carbocycles. The summed E-state index contributed by atoms with van der Waals surface area (Å²) in [6.45, 7) is 1.48. The van der Waals surface area contributed by atoms with E-state index in [-0.39, 0.29) is 0 Å². The molecule has 0 bridgehead atoms. The van der Waals surface area contributed by atoms with Gasteiger partial charge in [-0.25, -0.2) is 0 Å². The van der Waals surface area contributed by atoms with Gasteiger partial charge in [0.15, 0.2) is 0 Å². The molecule has 1 aliphatic rings. The van der Waals surface area contributed by atoms with Gasteiger partial charge in [-0.2, -0.15) is 0 Å². The first-order chi connectivity index (χ1) is 9.27. The van der Waals surface area contributed by atoms with E-state index in [1.807, 2.05) is 30.3 Å². The largest absolute Gasteiger partial charge is 0.481 e. The molecule has 2 N–H and O–H groups in total. The van der Waals surface area contributed by atoms with Crippen molar-refractivity contribution < 1.29 is 9.90 Å². The number of carbonyl (C=O) groups is 1. The van der Waals surface area contributed by atoms with Crippen molar-refractivity contribution in [2.75, 3.05) is 13.1 Å². The molecule has 1 fully saturated rings. The van der Waals surface area contributed by atoms with Crippen LogP contribution in [0.25, 0.3) is 0 Å². The van der Waals surface area contributed by atoms with Crippen LogP contribution in [0.1, 0.15) is 43.6 Å². The number of benzene rings is 1. The van der Waals surface area contributed by atoms with E-state index in [9.17, 15) is 9.90 Å². The molecule has 1 unspecified atom stereocenters. The molecular weight excluding hydrogens is 238 g/mol. The fraction of sp³-hybridized carbons (Fsp3) is 0.562. The minimum atomic E-state index is -0.748. The Labute approximate surface area is 115 Å². The minimum Gasteiger partial charge on any atom is -0.481 e. The van der Waals surface area contributed by atoms with Crippen molar-refractivity contribution in [3.8, 4) is 0 Å². The summed E-state index contributed by atoms with van der Waals surface area (Å²) < 4.78 is 0. The summed E-state index contributed by atoms with van der Waals surface area (Å²) in [6.07, 6.45) is 6.59. The zero-order valence-corrected chi connectivity index (χ0v) is 11.3. The Hall–Kier alpha value is -1.35. The van der Waals surface area contributed by atoms with Crippen molar-refractivity contribution in [1.82, 2.24) is 5.32 Å². The first-order valence-electron chi connectivity index (χ1n) is 7.26. The topological polar surface area (TPSA) is 49.3 Å². The molecule has 0 aliphatic heterocycles. The molecule has 1 saturated carbocycles. The maximum absolute atomic E-state index is 11.3. The molecule has 0 aromatic heterocycles. The highest BCUT2D eigenvalue weighted by Crippen LogP contribution is 2.23. The standard InChI is InChI=1S/C16H23NO2/c18-16(19)15(14-9-5-2-6-10-14)12-17-11-13-7-3-1-4-8-13/h2,5-6,9-10,13,15,17H,1,3-4,7-8,11-12H2,(H,18,19). The second-order valence-corrected chi connectivity index (χ2v) is 5.46. The van der Waals surface area contributed by atoms with E-state index < -0.39 is 11.9 Å². The average Bonchev–Trinajstić information content (AvgIpc) is 2.45. The molecule has 1 aliphatic carbocycles. The van der Waals surface area contributed by atoms with E-state index in [1.165, 1.54) is 32.1 Å². The monoisotopic (exact) mass is 261 g/mol. The summed E-state index contributed by atoms with van der Waals surface area (Å²) in [6, 6.07) is 9.48. The van der Waals surface area contributed by atoms with Crippen LogP contribution in [-0.4, -0.2) is 24.2 Å². The summed E-state index contributed by atoms with van der Waals surface area (Å²) in [5.74, 6) is -0.453. The van der Waals surface area contributed by atoms with Crippen molar-refractivity contribution >= 4 is 5.97 Å². The van der Waals surface area contributed by atoms with Crippen molar-refractivity contribution in [1.29, 1.82) is 0 Å². The molecule has 19 heavy (non-hydrogen) atoms. The first-order valence-corrected chi connectivity index (χ1v) is 7.26. The molecule has 1 aromatic rings. The van der Waals surface area contributed by atoms with Crippen molar-refractivity contribution in [2.24, 2.45) is 5.92 Å². The fourth-order valence-electron chi connectivity index (χ4n) is 2.86. The highest BCUT2D eigenvalue weighted by molar-refractivity contribution is 5.76. The minimum absolute atomic E-state index is 0.440. The quantitative estimate of drug-likeness (QED) is 0.827. The van der Waals surface area contributed by atoms with Crippen LogP contribution in [0.15, 0.2) is 30.3 Å². The first kappa shape index (κ1) is 14.1. The zero-order valence-electron chi connectivity index (χ0n) is 11.3. The van der Waals surface area contributed by atoms with Gasteiger partial charge < -0.3 is 10.4 Å². The SMILES string of the molecule is O=C(O)C(CNCC1CCCCC1)c1ccccc1. The number of aliphatic carboxylic acids is 1. The Morgan fingerprint density at radius 3 is 2.53 bits per heavy atom. The van der Waals surface area contributed by atoms with Crippen LogP contribution in [0.5, 0.6) is 0 Å². The van der Waals surface area contributed by atoms with Gasteiger partial charge in [-0.15, -0.1) is 0 Å². The molecular formula is C16H23NO2. The van der Waals surface area contributed by atoms with Crippen molar-refractivity contribution in [3.63, 3.8) is 0 Å². The average molecular weight is 261 g/mol. The number of hydrogen-bond acceptors (Lipinski definition) is 2. The highest BCUT2D eigenvalue weighted by atomic mass is 16.4. The predicted octanol–water partition coefficient (Wildman–Crippen LogP) is 3.02. The van der Waals surface area contributed by atoms with Gasteiger partial charge in [0.05, 0.1) is 5.92 Å². The highest BCUT2D eigenvalue weighted by Gasteiger charge is 2.20. The lowest BCUT2D eigenvalue weighted by Gasteiger charge is -2.23. The van der Waals surface area contributed by atoms with E-state index in [0.29, 0.717) is 6.54 Å². The third-order valence-corrected chi connectivity index (χ3v) is 4.01. The molecule has 3 heteroatoms. The zero-order chi connectivity index (χ0) is 13.5. The molecule has 0 spiro atoms. The van der Waals surface area contributed by atoms with Crippen molar-refractivity contribution in [3.05, 3.63) is 35.9 Å². The molecule has 0 radical (unpaired) electrons. The van der Waals surface area contributed by atoms with Crippen LogP contribution in [0, 0.1) is 5.92 Å². The Kier molecular flexibility index (Phi) is 5.40. The van der Waals surface area contributed by atoms with Crippen LogP contribution in [-0.2, 0) is 4.79 Å². The predicted molar refractivity (Wildman–Crippen MR) is 76.3 cm³/mol. The smallest absolute Gasteiger partial charge is 0.312 e. The lowest BCUT2D eigenvalue weighted by molar-refractivity contribution is -0.138. The summed E-state index contributed by atoms with van der Waals surface area (Å²) in [7, 11) is 0. The molecule has 1 atom stereocenters. The van der Waals surface area contributed by atoms with E-state index in [1.54, 1.807) is 0 Å². The van der Waals surface area contributed by atoms with E-state index >= 15 is 0 Å². The van der Waals surface area contributed by atoms with E-state index in [2.05, 4.69) is 5.32 Å². The number of carboxylic acids is 1. The van der Waals surface area contributed by atoms with Crippen LogP contribution >= 0.6 is 0 Å². The number of hydrogen-bond donors (Lipinski definition) is 2. The molecule has 0 saturated heterocycles. The number of nitrogens with one attached hydrogen (secondary N) is 1. The lowest BCUT2D eigenvalue weighted by Crippen LogP contribution is -2.31. The molecule has 104 valence electrons. The maximum Gasteiger partial charge on any atom is 0.312 e. The van der Waals surface area contributed by atoms with Gasteiger partial charge in [-0.1, -0.05) is 49.6 Å². The Balaban J connectivity index is 1.82. The summed E-state index contributed by atoms with van der Waals surface area (Å²) in [5, 5.41) is 12.7. The second-order valence-electron chi connectivity index (χ2n) is 5.46. The molecule has 0 heterocycles. The number of rotatable bonds is 6. The summed E-state index contributed by atoms with van der Waals surface area (Å²) >= 11 is 0. The van der Waals surface area contributed by atoms with Gasteiger partial charge in [0, 0.05) is 6.54 Å². The summed E-state index contributed by atoms with van der Waals surface area (Å²) in [4.78, 5) is 11.3.